The molecule has 4 atom stereocenters. The second kappa shape index (κ2) is 6.64. The highest BCUT2D eigenvalue weighted by Gasteiger charge is 2.58. The minimum Gasteiger partial charge on any atom is -0.465 e. The molecule has 2 fully saturated rings. The van der Waals surface area contributed by atoms with Gasteiger partial charge in [-0.25, -0.2) is 4.79 Å². The molecule has 1 aromatic rings. The highest BCUT2D eigenvalue weighted by molar-refractivity contribution is 6.06. The van der Waals surface area contributed by atoms with E-state index in [1.807, 2.05) is 12.2 Å². The lowest BCUT2D eigenvalue weighted by Crippen LogP contribution is -2.35. The minimum absolute atomic E-state index is 0.0401. The molecule has 4 rings (SSSR count). The van der Waals surface area contributed by atoms with Gasteiger partial charge in [-0.2, -0.15) is 0 Å². The van der Waals surface area contributed by atoms with E-state index in [1.54, 1.807) is 24.3 Å². The van der Waals surface area contributed by atoms with Crippen LogP contribution in [0.5, 0.6) is 0 Å². The Hall–Kier alpha value is -2.96. The number of nitrogens with one attached hydrogen (secondary N) is 1. The van der Waals surface area contributed by atoms with Crippen LogP contribution in [0.25, 0.3) is 0 Å². The van der Waals surface area contributed by atoms with Crippen LogP contribution in [-0.4, -0.2) is 42.2 Å². The largest absolute Gasteiger partial charge is 0.465 e. The van der Waals surface area contributed by atoms with Crippen molar-refractivity contribution in [3.05, 3.63) is 42.0 Å². The fourth-order valence-electron chi connectivity index (χ4n) is 4.43. The molecule has 27 heavy (non-hydrogen) atoms. The summed E-state index contributed by atoms with van der Waals surface area (Å²) in [6.07, 6.45) is 5.03. The fourth-order valence-corrected chi connectivity index (χ4v) is 4.43. The summed E-state index contributed by atoms with van der Waals surface area (Å²) in [5, 5.41) is 2.71. The standard InChI is InChI=1S/C20H20N2O5/c1-27-20(26)11-4-6-14(7-5-11)21-15(23)8-9-22-18(24)16-12-2-3-13(10-12)17(16)19(22)25/h2-7,12-13,16-17H,8-10H2,1H3,(H,21,23)/t12-,13+,16-,17+. The lowest BCUT2D eigenvalue weighted by atomic mass is 9.85. The molecule has 1 aliphatic heterocycles. The topological polar surface area (TPSA) is 92.8 Å². The number of fused-ring (bicyclic) bond motifs is 5. The van der Waals surface area contributed by atoms with E-state index >= 15 is 0 Å². The number of imide groups is 1. The molecule has 7 nitrogen and oxygen atoms in total. The van der Waals surface area contributed by atoms with Gasteiger partial charge in [-0.3, -0.25) is 19.3 Å². The molecule has 140 valence electrons. The highest BCUT2D eigenvalue weighted by atomic mass is 16.5. The molecule has 1 N–H and O–H groups in total. The quantitative estimate of drug-likeness (QED) is 0.484. The molecular weight excluding hydrogens is 348 g/mol. The van der Waals surface area contributed by atoms with Gasteiger partial charge in [-0.05, 0) is 42.5 Å². The maximum Gasteiger partial charge on any atom is 0.337 e. The molecule has 3 aliphatic rings. The number of likely N-dealkylation sites (tertiary alicyclic amines) is 1. The average Bonchev–Trinajstić information content (AvgIpc) is 3.35. The molecule has 0 aromatic heterocycles. The van der Waals surface area contributed by atoms with E-state index < -0.39 is 5.97 Å². The van der Waals surface area contributed by atoms with Gasteiger partial charge >= 0.3 is 5.97 Å². The van der Waals surface area contributed by atoms with Gasteiger partial charge in [0.25, 0.3) is 0 Å². The number of esters is 1. The number of anilines is 1. The summed E-state index contributed by atoms with van der Waals surface area (Å²) in [4.78, 5) is 50.0. The number of methoxy groups -OCH3 is 1. The normalized spacial score (nSPS) is 27.8. The second-order valence-electron chi connectivity index (χ2n) is 7.20. The van der Waals surface area contributed by atoms with Crippen molar-refractivity contribution in [2.24, 2.45) is 23.7 Å². The molecule has 0 spiro atoms. The summed E-state index contributed by atoms with van der Waals surface area (Å²) in [5.41, 5.74) is 0.921. The first-order chi connectivity index (χ1) is 13.0. The molecule has 0 unspecified atom stereocenters. The van der Waals surface area contributed by atoms with Crippen molar-refractivity contribution in [3.8, 4) is 0 Å². The lowest BCUT2D eigenvalue weighted by Gasteiger charge is -2.17. The number of rotatable bonds is 5. The summed E-state index contributed by atoms with van der Waals surface area (Å²) >= 11 is 0. The second-order valence-corrected chi connectivity index (χ2v) is 7.20. The number of amides is 3. The number of ether oxygens (including phenoxy) is 1. The van der Waals surface area contributed by atoms with Crippen LogP contribution < -0.4 is 5.32 Å². The van der Waals surface area contributed by atoms with Gasteiger partial charge in [0.1, 0.15) is 0 Å². The smallest absolute Gasteiger partial charge is 0.337 e. The number of benzene rings is 1. The van der Waals surface area contributed by atoms with Crippen LogP contribution >= 0.6 is 0 Å². The van der Waals surface area contributed by atoms with Crippen molar-refractivity contribution in [3.63, 3.8) is 0 Å². The molecule has 3 amide bonds. The molecular formula is C20H20N2O5. The van der Waals surface area contributed by atoms with E-state index in [2.05, 4.69) is 10.1 Å². The zero-order valence-electron chi connectivity index (χ0n) is 14.9. The molecule has 1 heterocycles. The van der Waals surface area contributed by atoms with E-state index in [-0.39, 0.29) is 54.4 Å². The first-order valence-corrected chi connectivity index (χ1v) is 9.01. The number of allylic oxidation sites excluding steroid dienone is 2. The van der Waals surface area contributed by atoms with E-state index in [4.69, 9.17) is 0 Å². The number of carbonyl (C=O) groups is 4. The molecule has 2 bridgehead atoms. The molecule has 0 radical (unpaired) electrons. The van der Waals surface area contributed by atoms with E-state index in [1.165, 1.54) is 12.0 Å². The SMILES string of the molecule is COC(=O)c1ccc(NC(=O)CCN2C(=O)[C@@H]3[C@H](C2=O)[C@@H]2C=C[C@H]3C2)cc1. The van der Waals surface area contributed by atoms with Crippen LogP contribution in [-0.2, 0) is 19.1 Å². The minimum atomic E-state index is -0.451. The van der Waals surface area contributed by atoms with Gasteiger partial charge in [-0.1, -0.05) is 12.2 Å². The van der Waals surface area contributed by atoms with Crippen molar-refractivity contribution in [1.29, 1.82) is 0 Å². The van der Waals surface area contributed by atoms with Crippen LogP contribution in [0.2, 0.25) is 0 Å². The Bertz CT molecular complexity index is 814. The Labute approximate surface area is 156 Å². The third-order valence-corrected chi connectivity index (χ3v) is 5.71. The summed E-state index contributed by atoms with van der Waals surface area (Å²) in [6.45, 7) is 0.0934. The van der Waals surface area contributed by atoms with Crippen LogP contribution in [0.4, 0.5) is 5.69 Å². The van der Waals surface area contributed by atoms with Crippen molar-refractivity contribution in [2.45, 2.75) is 12.8 Å². The Morgan fingerprint density at radius 1 is 1.07 bits per heavy atom. The lowest BCUT2D eigenvalue weighted by molar-refractivity contribution is -0.140. The van der Waals surface area contributed by atoms with Crippen molar-refractivity contribution in [1.82, 2.24) is 4.90 Å². The maximum atomic E-state index is 12.6. The first-order valence-electron chi connectivity index (χ1n) is 9.01. The van der Waals surface area contributed by atoms with Gasteiger partial charge < -0.3 is 10.1 Å². The average molecular weight is 368 g/mol. The third-order valence-electron chi connectivity index (χ3n) is 5.71. The maximum absolute atomic E-state index is 12.6. The molecule has 1 saturated carbocycles. The summed E-state index contributed by atoms with van der Waals surface area (Å²) in [7, 11) is 1.30. The van der Waals surface area contributed by atoms with Crippen molar-refractivity contribution >= 4 is 29.4 Å². The summed E-state index contributed by atoms with van der Waals surface area (Å²) < 4.78 is 4.62. The Morgan fingerprint density at radius 2 is 1.67 bits per heavy atom. The van der Waals surface area contributed by atoms with Crippen LogP contribution in [0, 0.1) is 23.7 Å². The molecule has 1 aromatic carbocycles. The predicted octanol–water partition coefficient (Wildman–Crippen LogP) is 1.61. The third kappa shape index (κ3) is 2.93. The van der Waals surface area contributed by atoms with Crippen molar-refractivity contribution < 1.29 is 23.9 Å². The zero-order valence-corrected chi connectivity index (χ0v) is 14.9. The van der Waals surface area contributed by atoms with E-state index in [0.29, 0.717) is 11.3 Å². The Morgan fingerprint density at radius 3 is 2.22 bits per heavy atom. The number of hydrogen-bond acceptors (Lipinski definition) is 5. The van der Waals surface area contributed by atoms with E-state index in [9.17, 15) is 19.2 Å². The summed E-state index contributed by atoms with van der Waals surface area (Å²) in [6, 6.07) is 6.31. The summed E-state index contributed by atoms with van der Waals surface area (Å²) in [5.74, 6) is -1.16. The van der Waals surface area contributed by atoms with Crippen LogP contribution in [0.3, 0.4) is 0 Å². The van der Waals surface area contributed by atoms with Gasteiger partial charge in [0, 0.05) is 18.7 Å². The van der Waals surface area contributed by atoms with Crippen LogP contribution in [0.1, 0.15) is 23.2 Å². The Kier molecular flexibility index (Phi) is 4.30. The Balaban J connectivity index is 1.33. The molecule has 2 aliphatic carbocycles. The van der Waals surface area contributed by atoms with Gasteiger partial charge in [0.15, 0.2) is 0 Å². The van der Waals surface area contributed by atoms with Gasteiger partial charge in [0.05, 0.1) is 24.5 Å². The number of hydrogen-bond donors (Lipinski definition) is 1. The fraction of sp³-hybridized carbons (Fsp3) is 0.400. The van der Waals surface area contributed by atoms with Gasteiger partial charge in [0.2, 0.25) is 17.7 Å². The number of nitrogens with zero attached hydrogens (tertiary/aromatic N) is 1. The predicted molar refractivity (Wildman–Crippen MR) is 95.5 cm³/mol. The van der Waals surface area contributed by atoms with Crippen molar-refractivity contribution in [2.75, 3.05) is 19.0 Å². The zero-order chi connectivity index (χ0) is 19.1. The molecule has 1 saturated heterocycles. The van der Waals surface area contributed by atoms with Crippen LogP contribution in [0.15, 0.2) is 36.4 Å². The number of carbonyl (C=O) groups excluding carboxylic acids is 4. The monoisotopic (exact) mass is 368 g/mol. The highest BCUT2D eigenvalue weighted by Crippen LogP contribution is 2.52. The first kappa shape index (κ1) is 17.5. The van der Waals surface area contributed by atoms with E-state index in [0.717, 1.165) is 6.42 Å². The molecule has 7 heteroatoms. The van der Waals surface area contributed by atoms with Gasteiger partial charge in [-0.15, -0.1) is 0 Å².